The van der Waals surface area contributed by atoms with Crippen molar-refractivity contribution < 1.29 is 4.79 Å². The van der Waals surface area contributed by atoms with Gasteiger partial charge in [0.1, 0.15) is 0 Å². The van der Waals surface area contributed by atoms with Gasteiger partial charge in [-0.2, -0.15) is 4.99 Å². The molecule has 1 aromatic heterocycles. The number of nitrogens with zero attached hydrogens (tertiary/aromatic N) is 1. The third kappa shape index (κ3) is 1.79. The molecule has 1 aliphatic carbocycles. The van der Waals surface area contributed by atoms with Crippen molar-refractivity contribution in [1.82, 2.24) is 0 Å². The van der Waals surface area contributed by atoms with Crippen LogP contribution in [0.5, 0.6) is 0 Å². The van der Waals surface area contributed by atoms with Gasteiger partial charge >= 0.3 is 0 Å². The van der Waals surface area contributed by atoms with Gasteiger partial charge in [-0.05, 0) is 30.7 Å². The van der Waals surface area contributed by atoms with Crippen molar-refractivity contribution in [2.24, 2.45) is 4.99 Å². The minimum atomic E-state index is 0.521. The van der Waals surface area contributed by atoms with Crippen LogP contribution < -0.4 is 0 Å². The Morgan fingerprint density at radius 2 is 2.29 bits per heavy atom. The zero-order chi connectivity index (χ0) is 10.1. The van der Waals surface area contributed by atoms with Crippen molar-refractivity contribution in [3.8, 4) is 0 Å². The largest absolute Gasteiger partial charge is 0.240 e. The Morgan fingerprint density at radius 1 is 1.57 bits per heavy atom. The topological polar surface area (TPSA) is 29.4 Å². The van der Waals surface area contributed by atoms with Crippen LogP contribution >= 0.6 is 11.3 Å². The summed E-state index contributed by atoms with van der Waals surface area (Å²) >= 11 is 1.81. The fourth-order valence-corrected chi connectivity index (χ4v) is 2.75. The standard InChI is InChI=1S/C11H13NOS/c1-7(2)10-5-9(12-6-13)11(14-10)8-3-4-8/h5,7-8H,3-4H2,1-2H3. The summed E-state index contributed by atoms with van der Waals surface area (Å²) < 4.78 is 0. The second-order valence-electron chi connectivity index (χ2n) is 4.03. The lowest BCUT2D eigenvalue weighted by Gasteiger charge is -1.96. The van der Waals surface area contributed by atoms with Gasteiger partial charge in [0, 0.05) is 9.75 Å². The van der Waals surface area contributed by atoms with Gasteiger partial charge in [0.2, 0.25) is 6.08 Å². The molecule has 0 aliphatic heterocycles. The quantitative estimate of drug-likeness (QED) is 0.548. The Balaban J connectivity index is 2.39. The summed E-state index contributed by atoms with van der Waals surface area (Å²) in [6.07, 6.45) is 4.14. The summed E-state index contributed by atoms with van der Waals surface area (Å²) in [7, 11) is 0. The molecule has 3 heteroatoms. The van der Waals surface area contributed by atoms with Crippen LogP contribution in [0, 0.1) is 0 Å². The molecule has 1 saturated carbocycles. The van der Waals surface area contributed by atoms with E-state index in [2.05, 4.69) is 18.8 Å². The van der Waals surface area contributed by atoms with E-state index >= 15 is 0 Å². The molecule has 0 spiro atoms. The number of isocyanates is 1. The first kappa shape index (κ1) is 9.63. The number of aliphatic imine (C=N–C) groups is 1. The molecule has 1 aliphatic rings. The second kappa shape index (κ2) is 3.68. The molecule has 14 heavy (non-hydrogen) atoms. The summed E-state index contributed by atoms with van der Waals surface area (Å²) in [5.41, 5.74) is 0.858. The number of hydrogen-bond donors (Lipinski definition) is 0. The first-order valence-corrected chi connectivity index (χ1v) is 5.75. The summed E-state index contributed by atoms with van der Waals surface area (Å²) in [6.45, 7) is 4.33. The third-order valence-electron chi connectivity index (χ3n) is 2.44. The molecule has 1 heterocycles. The number of thiophene rings is 1. The van der Waals surface area contributed by atoms with Crippen LogP contribution in [-0.4, -0.2) is 6.08 Å². The average molecular weight is 207 g/mol. The lowest BCUT2D eigenvalue weighted by atomic mass is 10.1. The molecule has 0 atom stereocenters. The molecule has 1 fully saturated rings. The summed E-state index contributed by atoms with van der Waals surface area (Å²) in [4.78, 5) is 16.6. The van der Waals surface area contributed by atoms with Crippen molar-refractivity contribution in [2.75, 3.05) is 0 Å². The normalized spacial score (nSPS) is 15.6. The molecule has 0 N–H and O–H groups in total. The van der Waals surface area contributed by atoms with Gasteiger partial charge in [0.05, 0.1) is 5.69 Å². The fourth-order valence-electron chi connectivity index (χ4n) is 1.47. The lowest BCUT2D eigenvalue weighted by molar-refractivity contribution is 0.565. The van der Waals surface area contributed by atoms with Gasteiger partial charge in [0.25, 0.3) is 0 Å². The molecule has 2 rings (SSSR count). The van der Waals surface area contributed by atoms with E-state index in [9.17, 15) is 4.79 Å². The van der Waals surface area contributed by atoms with Crippen molar-refractivity contribution in [3.05, 3.63) is 15.8 Å². The van der Waals surface area contributed by atoms with Gasteiger partial charge in [-0.15, -0.1) is 11.3 Å². The molecular weight excluding hydrogens is 194 g/mol. The Labute approximate surface area is 87.7 Å². The van der Waals surface area contributed by atoms with Crippen LogP contribution in [0.1, 0.15) is 48.3 Å². The van der Waals surface area contributed by atoms with E-state index in [0.717, 1.165) is 5.69 Å². The summed E-state index contributed by atoms with van der Waals surface area (Å²) in [6, 6.07) is 2.04. The molecule has 2 nitrogen and oxygen atoms in total. The molecule has 1 aromatic rings. The highest BCUT2D eigenvalue weighted by Crippen LogP contribution is 2.49. The van der Waals surface area contributed by atoms with Gasteiger partial charge in [0.15, 0.2) is 0 Å². The average Bonchev–Trinajstić information content (AvgIpc) is 2.89. The summed E-state index contributed by atoms with van der Waals surface area (Å²) in [5, 5.41) is 0. The van der Waals surface area contributed by atoms with E-state index in [-0.39, 0.29) is 0 Å². The van der Waals surface area contributed by atoms with Gasteiger partial charge in [-0.1, -0.05) is 13.8 Å². The summed E-state index contributed by atoms with van der Waals surface area (Å²) in [5.74, 6) is 1.19. The van der Waals surface area contributed by atoms with E-state index in [1.54, 1.807) is 17.4 Å². The van der Waals surface area contributed by atoms with E-state index in [4.69, 9.17) is 0 Å². The number of rotatable bonds is 3. The van der Waals surface area contributed by atoms with Gasteiger partial charge in [-0.25, -0.2) is 4.79 Å². The van der Waals surface area contributed by atoms with E-state index in [0.29, 0.717) is 11.8 Å². The van der Waals surface area contributed by atoms with Crippen LogP contribution in [-0.2, 0) is 4.79 Å². The Hall–Kier alpha value is -0.920. The first-order valence-electron chi connectivity index (χ1n) is 4.94. The highest BCUT2D eigenvalue weighted by molar-refractivity contribution is 7.12. The van der Waals surface area contributed by atoms with Gasteiger partial charge in [-0.3, -0.25) is 0 Å². The maximum absolute atomic E-state index is 10.3. The highest BCUT2D eigenvalue weighted by Gasteiger charge is 2.28. The van der Waals surface area contributed by atoms with Crippen molar-refractivity contribution in [1.29, 1.82) is 0 Å². The van der Waals surface area contributed by atoms with Crippen LogP contribution in [0.3, 0.4) is 0 Å². The van der Waals surface area contributed by atoms with E-state index < -0.39 is 0 Å². The molecule has 0 bridgehead atoms. The Kier molecular flexibility index (Phi) is 2.53. The smallest absolute Gasteiger partial charge is 0.211 e. The minimum Gasteiger partial charge on any atom is -0.211 e. The van der Waals surface area contributed by atoms with Crippen LogP contribution in [0.15, 0.2) is 11.1 Å². The van der Waals surface area contributed by atoms with Crippen LogP contribution in [0.25, 0.3) is 0 Å². The first-order chi connectivity index (χ1) is 6.72. The predicted octanol–water partition coefficient (Wildman–Crippen LogP) is 3.72. The molecule has 0 aromatic carbocycles. The molecule has 0 unspecified atom stereocenters. The van der Waals surface area contributed by atoms with E-state index in [1.165, 1.54) is 22.6 Å². The lowest BCUT2D eigenvalue weighted by Crippen LogP contribution is -1.77. The molecule has 0 radical (unpaired) electrons. The molecule has 74 valence electrons. The molecular formula is C11H13NOS. The van der Waals surface area contributed by atoms with Crippen molar-refractivity contribution >= 4 is 23.1 Å². The SMILES string of the molecule is CC(C)c1cc(N=C=O)c(C2CC2)s1. The molecule has 0 amide bonds. The monoisotopic (exact) mass is 207 g/mol. The number of hydrogen-bond acceptors (Lipinski definition) is 3. The Bertz CT molecular complexity index is 384. The fraction of sp³-hybridized carbons (Fsp3) is 0.545. The number of carbonyl (C=O) groups excluding carboxylic acids is 1. The zero-order valence-corrected chi connectivity index (χ0v) is 9.23. The van der Waals surface area contributed by atoms with Crippen molar-refractivity contribution in [2.45, 2.75) is 38.5 Å². The van der Waals surface area contributed by atoms with Gasteiger partial charge < -0.3 is 0 Å². The maximum Gasteiger partial charge on any atom is 0.240 e. The second-order valence-corrected chi connectivity index (χ2v) is 5.15. The highest BCUT2D eigenvalue weighted by atomic mass is 32.1. The van der Waals surface area contributed by atoms with Crippen molar-refractivity contribution in [3.63, 3.8) is 0 Å². The predicted molar refractivity (Wildman–Crippen MR) is 58.2 cm³/mol. The van der Waals surface area contributed by atoms with E-state index in [1.807, 2.05) is 6.07 Å². The van der Waals surface area contributed by atoms with Crippen LogP contribution in [0.4, 0.5) is 5.69 Å². The van der Waals surface area contributed by atoms with Crippen LogP contribution in [0.2, 0.25) is 0 Å². The minimum absolute atomic E-state index is 0.521. The molecule has 0 saturated heterocycles. The third-order valence-corrected chi connectivity index (χ3v) is 4.03. The zero-order valence-electron chi connectivity index (χ0n) is 8.41. The Morgan fingerprint density at radius 3 is 2.79 bits per heavy atom. The maximum atomic E-state index is 10.3.